The van der Waals surface area contributed by atoms with Gasteiger partial charge in [-0.3, -0.25) is 14.4 Å². The fraction of sp³-hybridized carbons (Fsp3) is 0.542. The van der Waals surface area contributed by atoms with E-state index < -0.39 is 47.5 Å². The third kappa shape index (κ3) is 3.19. The zero-order valence-corrected chi connectivity index (χ0v) is 18.5. The highest BCUT2D eigenvalue weighted by molar-refractivity contribution is 5.85. The molecule has 10 nitrogen and oxygen atoms in total. The predicted octanol–water partition coefficient (Wildman–Crippen LogP) is 0.651. The molecule has 3 aliphatic carbocycles. The van der Waals surface area contributed by atoms with E-state index in [1.54, 1.807) is 12.1 Å². The number of aliphatic carboxylic acids is 1. The predicted molar refractivity (Wildman–Crippen MR) is 115 cm³/mol. The van der Waals surface area contributed by atoms with Crippen molar-refractivity contribution in [2.45, 2.75) is 68.2 Å². The number of benzene rings is 1. The van der Waals surface area contributed by atoms with E-state index in [-0.39, 0.29) is 30.4 Å². The van der Waals surface area contributed by atoms with Gasteiger partial charge in [-0.15, -0.1) is 0 Å². The van der Waals surface area contributed by atoms with Crippen molar-refractivity contribution in [3.63, 3.8) is 0 Å². The van der Waals surface area contributed by atoms with Crippen LogP contribution in [-0.2, 0) is 31.0 Å². The number of hydrogen-bond acceptors (Lipinski definition) is 8. The van der Waals surface area contributed by atoms with Crippen molar-refractivity contribution in [2.75, 3.05) is 6.54 Å². The van der Waals surface area contributed by atoms with E-state index in [0.29, 0.717) is 25.0 Å². The molecule has 0 saturated heterocycles. The molecule has 0 aromatic heterocycles. The Labute approximate surface area is 195 Å². The minimum atomic E-state index is -1.70. The van der Waals surface area contributed by atoms with Crippen molar-refractivity contribution in [1.82, 2.24) is 5.32 Å². The van der Waals surface area contributed by atoms with Gasteiger partial charge in [0.15, 0.2) is 17.6 Å². The van der Waals surface area contributed by atoms with Crippen molar-refractivity contribution in [3.05, 3.63) is 35.1 Å². The summed E-state index contributed by atoms with van der Waals surface area (Å²) < 4.78 is 11.8. The van der Waals surface area contributed by atoms with Gasteiger partial charge >= 0.3 is 11.9 Å². The number of phenols is 1. The van der Waals surface area contributed by atoms with Crippen molar-refractivity contribution < 1.29 is 44.3 Å². The fourth-order valence-electron chi connectivity index (χ4n) is 6.38. The number of carboxylic acids is 1. The molecule has 4 aliphatic rings. The van der Waals surface area contributed by atoms with E-state index in [2.05, 4.69) is 5.32 Å². The Morgan fingerprint density at radius 1 is 1.29 bits per heavy atom. The van der Waals surface area contributed by atoms with Crippen LogP contribution in [0.3, 0.4) is 0 Å². The average molecular weight is 473 g/mol. The van der Waals surface area contributed by atoms with Gasteiger partial charge in [-0.05, 0) is 49.3 Å². The lowest BCUT2D eigenvalue weighted by molar-refractivity contribution is -0.160. The Morgan fingerprint density at radius 2 is 2.09 bits per heavy atom. The highest BCUT2D eigenvalue weighted by Gasteiger charge is 2.70. The van der Waals surface area contributed by atoms with Gasteiger partial charge in [0, 0.05) is 12.1 Å². The maximum Gasteiger partial charge on any atom is 0.312 e. The van der Waals surface area contributed by atoms with Gasteiger partial charge in [-0.1, -0.05) is 12.5 Å². The first-order valence-electron chi connectivity index (χ1n) is 11.5. The van der Waals surface area contributed by atoms with Crippen molar-refractivity contribution in [1.29, 1.82) is 0 Å². The molecule has 5 rings (SSSR count). The van der Waals surface area contributed by atoms with E-state index in [9.17, 15) is 29.7 Å². The second-order valence-corrected chi connectivity index (χ2v) is 9.57. The topological polar surface area (TPSA) is 163 Å². The Balaban J connectivity index is 1.33. The highest BCUT2D eigenvalue weighted by Crippen LogP contribution is 2.67. The van der Waals surface area contributed by atoms with Gasteiger partial charge < -0.3 is 35.2 Å². The number of nitrogens with one attached hydrogen (secondary N) is 1. The first-order valence-corrected chi connectivity index (χ1v) is 11.5. The molecule has 1 aromatic carbocycles. The number of carbonyl (C=O) groups excluding carboxylic acids is 2. The van der Waals surface area contributed by atoms with Gasteiger partial charge in [0.2, 0.25) is 5.91 Å². The number of aliphatic hydroxyl groups is 2. The molecule has 1 aliphatic heterocycles. The number of hydrogen-bond donors (Lipinski definition) is 5. The van der Waals surface area contributed by atoms with Crippen LogP contribution in [0.5, 0.6) is 11.5 Å². The van der Waals surface area contributed by atoms with Gasteiger partial charge in [0.05, 0.1) is 23.9 Å². The Hall–Kier alpha value is -3.11. The molecule has 34 heavy (non-hydrogen) atoms. The maximum atomic E-state index is 12.5. The molecule has 5 atom stereocenters. The number of carboxylic acid groups (broad SMARTS) is 1. The minimum absolute atomic E-state index is 0.0118. The molecular formula is C24H27NO9. The molecule has 1 heterocycles. The first-order chi connectivity index (χ1) is 16.2. The molecule has 1 spiro atoms. The molecule has 2 bridgehead atoms. The zero-order valence-electron chi connectivity index (χ0n) is 18.5. The van der Waals surface area contributed by atoms with E-state index in [4.69, 9.17) is 14.6 Å². The molecule has 10 heteroatoms. The molecule has 182 valence electrons. The van der Waals surface area contributed by atoms with Gasteiger partial charge in [0.25, 0.3) is 0 Å². The summed E-state index contributed by atoms with van der Waals surface area (Å²) in [5.74, 6) is -2.21. The van der Waals surface area contributed by atoms with Crippen LogP contribution in [0, 0.1) is 5.92 Å². The van der Waals surface area contributed by atoms with Gasteiger partial charge in [-0.2, -0.15) is 0 Å². The molecule has 0 unspecified atom stereocenters. The fourth-order valence-corrected chi connectivity index (χ4v) is 6.38. The van der Waals surface area contributed by atoms with Gasteiger partial charge in [0.1, 0.15) is 11.9 Å². The van der Waals surface area contributed by atoms with Crippen LogP contribution in [0.25, 0.3) is 0 Å². The van der Waals surface area contributed by atoms with E-state index in [1.165, 1.54) is 0 Å². The number of aromatic hydroxyl groups is 1. The smallest absolute Gasteiger partial charge is 0.312 e. The summed E-state index contributed by atoms with van der Waals surface area (Å²) in [6.07, 6.45) is 1.69. The normalized spacial score (nSPS) is 30.9. The Morgan fingerprint density at radius 3 is 2.85 bits per heavy atom. The van der Waals surface area contributed by atoms with E-state index in [0.717, 1.165) is 24.0 Å². The second kappa shape index (κ2) is 7.99. The first kappa shape index (κ1) is 22.7. The van der Waals surface area contributed by atoms with Crippen molar-refractivity contribution >= 4 is 17.8 Å². The number of esters is 1. The Bertz CT molecular complexity index is 1100. The van der Waals surface area contributed by atoms with E-state index in [1.807, 2.05) is 6.07 Å². The highest BCUT2D eigenvalue weighted by atomic mass is 16.6. The van der Waals surface area contributed by atoms with Crippen LogP contribution in [0.15, 0.2) is 24.0 Å². The number of rotatable bonds is 7. The summed E-state index contributed by atoms with van der Waals surface area (Å²) in [5, 5.41) is 42.9. The molecule has 1 amide bonds. The SMILES string of the molecule is O=C(O)C[C@H](O)C(=O)NCCC(=O)OC1=CC[C@@]2(O)[C@@H]3CCC[C@@]24c2c(ccc(O)c2O[C@@H]14)C3. The molecular weight excluding hydrogens is 446 g/mol. The number of amides is 1. The molecule has 1 aromatic rings. The van der Waals surface area contributed by atoms with Gasteiger partial charge in [-0.25, -0.2) is 0 Å². The van der Waals surface area contributed by atoms with Crippen molar-refractivity contribution in [3.8, 4) is 11.5 Å². The third-order valence-corrected chi connectivity index (χ3v) is 7.79. The summed E-state index contributed by atoms with van der Waals surface area (Å²) in [6, 6.07) is 3.48. The minimum Gasteiger partial charge on any atom is -0.504 e. The van der Waals surface area contributed by atoms with Crippen LogP contribution in [0.4, 0.5) is 0 Å². The summed E-state index contributed by atoms with van der Waals surface area (Å²) >= 11 is 0. The van der Waals surface area contributed by atoms with Crippen LogP contribution < -0.4 is 10.1 Å². The summed E-state index contributed by atoms with van der Waals surface area (Å²) in [7, 11) is 0. The quantitative estimate of drug-likeness (QED) is 0.358. The maximum absolute atomic E-state index is 12.5. The van der Waals surface area contributed by atoms with Crippen LogP contribution >= 0.6 is 0 Å². The third-order valence-electron chi connectivity index (χ3n) is 7.79. The van der Waals surface area contributed by atoms with Crippen molar-refractivity contribution in [2.24, 2.45) is 5.92 Å². The monoisotopic (exact) mass is 473 g/mol. The van der Waals surface area contributed by atoms with Crippen LogP contribution in [0.2, 0.25) is 0 Å². The molecule has 1 fully saturated rings. The molecule has 5 N–H and O–H groups in total. The van der Waals surface area contributed by atoms with Crippen LogP contribution in [-0.4, -0.2) is 62.6 Å². The number of phenolic OH excluding ortho intramolecular Hbond substituents is 1. The second-order valence-electron chi connectivity index (χ2n) is 9.57. The summed E-state index contributed by atoms with van der Waals surface area (Å²) in [5.41, 5.74) is -0.0133. The number of aliphatic hydroxyl groups excluding tert-OH is 1. The Kier molecular flexibility index (Phi) is 5.33. The van der Waals surface area contributed by atoms with E-state index >= 15 is 0 Å². The van der Waals surface area contributed by atoms with Crippen LogP contribution in [0.1, 0.15) is 49.7 Å². The zero-order chi connectivity index (χ0) is 24.3. The standard InChI is InChI=1S/C24H27NO9/c26-14-4-3-12-10-13-2-1-7-23-19(12)20(14)34-21(23)16(5-8-24(13,23)32)33-18(30)6-9-25-22(31)15(27)11-17(28)29/h3-5,13,15,21,26-27,32H,1-2,6-11H2,(H,25,31)(H,28,29)/t13-,15+,21+,23+,24-/m1/s1. The molecule has 0 radical (unpaired) electrons. The number of carbonyl (C=O) groups is 3. The molecule has 1 saturated carbocycles. The number of ether oxygens (including phenoxy) is 2. The lowest BCUT2D eigenvalue weighted by Crippen LogP contribution is -2.67. The summed E-state index contributed by atoms with van der Waals surface area (Å²) in [6.45, 7) is -0.143. The largest absolute Gasteiger partial charge is 0.504 e. The lowest BCUT2D eigenvalue weighted by Gasteiger charge is -2.59. The average Bonchev–Trinajstić information content (AvgIpc) is 3.12. The summed E-state index contributed by atoms with van der Waals surface area (Å²) in [4.78, 5) is 34.9. The lowest BCUT2D eigenvalue weighted by atomic mass is 9.47.